The van der Waals surface area contributed by atoms with Gasteiger partial charge in [0.1, 0.15) is 5.75 Å². The van der Waals surface area contributed by atoms with E-state index in [2.05, 4.69) is 53.1 Å². The summed E-state index contributed by atoms with van der Waals surface area (Å²) in [6.45, 7) is 3.26. The Morgan fingerprint density at radius 3 is 2.58 bits per heavy atom. The van der Waals surface area contributed by atoms with E-state index in [1.807, 2.05) is 31.2 Å². The lowest BCUT2D eigenvalue weighted by Crippen LogP contribution is -2.28. The van der Waals surface area contributed by atoms with Gasteiger partial charge in [0.25, 0.3) is 0 Å². The molecule has 3 rings (SSSR count). The molecule has 3 aromatic rings. The Bertz CT molecular complexity index is 842. The van der Waals surface area contributed by atoms with Crippen LogP contribution in [0.1, 0.15) is 12.5 Å². The number of nitrogens with one attached hydrogen (secondary N) is 2. The van der Waals surface area contributed by atoms with E-state index in [4.69, 9.17) is 17.0 Å². The van der Waals surface area contributed by atoms with E-state index < -0.39 is 0 Å². The van der Waals surface area contributed by atoms with Gasteiger partial charge in [-0.15, -0.1) is 0 Å². The smallest absolute Gasteiger partial charge is 0.171 e. The highest BCUT2D eigenvalue weighted by molar-refractivity contribution is 7.80. The van der Waals surface area contributed by atoms with Crippen molar-refractivity contribution in [2.24, 2.45) is 0 Å². The minimum absolute atomic E-state index is 0.579. The number of hydrogen-bond donors (Lipinski definition) is 2. The van der Waals surface area contributed by atoms with Gasteiger partial charge in [-0.2, -0.15) is 0 Å². The number of rotatable bonds is 5. The molecule has 0 radical (unpaired) electrons. The predicted octanol–water partition coefficient (Wildman–Crippen LogP) is 4.73. The van der Waals surface area contributed by atoms with Gasteiger partial charge >= 0.3 is 0 Å². The fourth-order valence-electron chi connectivity index (χ4n) is 2.64. The minimum Gasteiger partial charge on any atom is -0.492 e. The van der Waals surface area contributed by atoms with E-state index in [0.29, 0.717) is 18.3 Å². The molecule has 0 bridgehead atoms. The maximum Gasteiger partial charge on any atom is 0.171 e. The topological polar surface area (TPSA) is 33.3 Å². The first-order chi connectivity index (χ1) is 11.8. The molecule has 3 aromatic carbocycles. The highest BCUT2D eigenvalue weighted by Gasteiger charge is 2.05. The molecule has 24 heavy (non-hydrogen) atoms. The van der Waals surface area contributed by atoms with Crippen LogP contribution in [-0.4, -0.2) is 11.7 Å². The van der Waals surface area contributed by atoms with Crippen LogP contribution in [0, 0.1) is 0 Å². The summed E-state index contributed by atoms with van der Waals surface area (Å²) in [4.78, 5) is 0. The quantitative estimate of drug-likeness (QED) is 0.660. The highest BCUT2D eigenvalue weighted by Crippen LogP contribution is 2.23. The molecule has 0 fully saturated rings. The maximum atomic E-state index is 5.61. The average Bonchev–Trinajstić information content (AvgIpc) is 2.62. The third-order valence-electron chi connectivity index (χ3n) is 3.75. The molecule has 0 aliphatic carbocycles. The van der Waals surface area contributed by atoms with Crippen molar-refractivity contribution in [2.75, 3.05) is 11.9 Å². The molecule has 2 N–H and O–H groups in total. The summed E-state index contributed by atoms with van der Waals surface area (Å²) < 4.78 is 5.61. The van der Waals surface area contributed by atoms with Gasteiger partial charge in [-0.25, -0.2) is 0 Å². The first kappa shape index (κ1) is 16.3. The second kappa shape index (κ2) is 7.79. The van der Waals surface area contributed by atoms with Crippen molar-refractivity contribution in [3.8, 4) is 5.75 Å². The fourth-order valence-corrected chi connectivity index (χ4v) is 2.82. The van der Waals surface area contributed by atoms with Crippen molar-refractivity contribution < 1.29 is 4.74 Å². The maximum absolute atomic E-state index is 5.61. The number of anilines is 1. The lowest BCUT2D eigenvalue weighted by atomic mass is 10.0. The monoisotopic (exact) mass is 336 g/mol. The van der Waals surface area contributed by atoms with Crippen molar-refractivity contribution in [3.63, 3.8) is 0 Å². The largest absolute Gasteiger partial charge is 0.492 e. The summed E-state index contributed by atoms with van der Waals surface area (Å²) in [5, 5.41) is 9.54. The minimum atomic E-state index is 0.579. The number of thiocarbonyl (C=S) groups is 1. The normalized spacial score (nSPS) is 10.4. The van der Waals surface area contributed by atoms with Crippen LogP contribution in [0.25, 0.3) is 10.8 Å². The van der Waals surface area contributed by atoms with Crippen LogP contribution in [0.3, 0.4) is 0 Å². The molecule has 122 valence electrons. The third kappa shape index (κ3) is 3.84. The van der Waals surface area contributed by atoms with Crippen LogP contribution in [0.2, 0.25) is 0 Å². The van der Waals surface area contributed by atoms with E-state index in [1.54, 1.807) is 0 Å². The van der Waals surface area contributed by atoms with Crippen molar-refractivity contribution in [2.45, 2.75) is 13.5 Å². The molecule has 3 nitrogen and oxygen atoms in total. The van der Waals surface area contributed by atoms with Crippen molar-refractivity contribution in [1.82, 2.24) is 5.32 Å². The van der Waals surface area contributed by atoms with Crippen LogP contribution in [-0.2, 0) is 6.54 Å². The molecule has 4 heteroatoms. The zero-order valence-electron chi connectivity index (χ0n) is 13.6. The molecule has 0 spiro atoms. The predicted molar refractivity (Wildman–Crippen MR) is 105 cm³/mol. The molecule has 0 amide bonds. The first-order valence-electron chi connectivity index (χ1n) is 8.01. The lowest BCUT2D eigenvalue weighted by Gasteiger charge is -2.14. The average molecular weight is 336 g/mol. The van der Waals surface area contributed by atoms with Crippen LogP contribution >= 0.6 is 12.2 Å². The van der Waals surface area contributed by atoms with Crippen molar-refractivity contribution in [3.05, 3.63) is 72.3 Å². The first-order valence-corrected chi connectivity index (χ1v) is 8.42. The number of para-hydroxylation sites is 2. The Labute approximate surface area is 147 Å². The molecular formula is C20H20N2OS. The summed E-state index contributed by atoms with van der Waals surface area (Å²) in [5.41, 5.74) is 2.09. The van der Waals surface area contributed by atoms with Crippen LogP contribution in [0.15, 0.2) is 66.7 Å². The highest BCUT2D eigenvalue weighted by atomic mass is 32.1. The zero-order valence-corrected chi connectivity index (χ0v) is 14.4. The van der Waals surface area contributed by atoms with Gasteiger partial charge in [-0.05, 0) is 47.6 Å². The summed E-state index contributed by atoms with van der Waals surface area (Å²) in [7, 11) is 0. The standard InChI is InChI=1S/C20H20N2OS/c1-2-23-19-13-6-5-12-18(19)22-20(24)21-14-16-10-7-9-15-8-3-4-11-17(15)16/h3-13H,2,14H2,1H3,(H2,21,22,24). The summed E-state index contributed by atoms with van der Waals surface area (Å²) in [6.07, 6.45) is 0. The van der Waals surface area contributed by atoms with Gasteiger partial charge in [0.2, 0.25) is 0 Å². The van der Waals surface area contributed by atoms with E-state index in [1.165, 1.54) is 16.3 Å². The Balaban J connectivity index is 1.67. The van der Waals surface area contributed by atoms with Gasteiger partial charge in [-0.1, -0.05) is 54.6 Å². The SMILES string of the molecule is CCOc1ccccc1NC(=S)NCc1cccc2ccccc12. The molecule has 0 atom stereocenters. The van der Waals surface area contributed by atoms with Crippen LogP contribution in [0.5, 0.6) is 5.75 Å². The van der Waals surface area contributed by atoms with Gasteiger partial charge in [0.15, 0.2) is 5.11 Å². The van der Waals surface area contributed by atoms with Gasteiger partial charge in [0.05, 0.1) is 12.3 Å². The molecule has 0 aromatic heterocycles. The van der Waals surface area contributed by atoms with Crippen LogP contribution in [0.4, 0.5) is 5.69 Å². The molecule has 0 aliphatic heterocycles. The fraction of sp³-hybridized carbons (Fsp3) is 0.150. The van der Waals surface area contributed by atoms with E-state index in [0.717, 1.165) is 11.4 Å². The molecular weight excluding hydrogens is 316 g/mol. The van der Waals surface area contributed by atoms with Crippen molar-refractivity contribution in [1.29, 1.82) is 0 Å². The second-order valence-electron chi connectivity index (χ2n) is 5.38. The zero-order chi connectivity index (χ0) is 16.8. The number of ether oxygens (including phenoxy) is 1. The Morgan fingerprint density at radius 1 is 0.958 bits per heavy atom. The summed E-state index contributed by atoms with van der Waals surface area (Å²) in [6, 6.07) is 22.5. The Kier molecular flexibility index (Phi) is 5.29. The number of fused-ring (bicyclic) bond motifs is 1. The number of hydrogen-bond acceptors (Lipinski definition) is 2. The Morgan fingerprint density at radius 2 is 1.71 bits per heavy atom. The van der Waals surface area contributed by atoms with E-state index in [-0.39, 0.29) is 0 Å². The third-order valence-corrected chi connectivity index (χ3v) is 4.00. The molecule has 0 aliphatic rings. The Hall–Kier alpha value is -2.59. The van der Waals surface area contributed by atoms with Crippen molar-refractivity contribution >= 4 is 33.8 Å². The number of benzene rings is 3. The molecule has 0 heterocycles. The molecule has 0 saturated carbocycles. The summed E-state index contributed by atoms with van der Waals surface area (Å²) in [5.74, 6) is 0.800. The summed E-state index contributed by atoms with van der Waals surface area (Å²) >= 11 is 5.42. The van der Waals surface area contributed by atoms with Gasteiger partial charge < -0.3 is 15.4 Å². The lowest BCUT2D eigenvalue weighted by molar-refractivity contribution is 0.342. The van der Waals surface area contributed by atoms with Crippen LogP contribution < -0.4 is 15.4 Å². The van der Waals surface area contributed by atoms with E-state index in [9.17, 15) is 0 Å². The van der Waals surface area contributed by atoms with Gasteiger partial charge in [0, 0.05) is 6.54 Å². The molecule has 0 saturated heterocycles. The molecule has 0 unspecified atom stereocenters. The van der Waals surface area contributed by atoms with E-state index >= 15 is 0 Å². The van der Waals surface area contributed by atoms with Gasteiger partial charge in [-0.3, -0.25) is 0 Å². The second-order valence-corrected chi connectivity index (χ2v) is 5.78.